The minimum Gasteiger partial charge on any atom is -0.380 e. The van der Waals surface area contributed by atoms with Crippen molar-refractivity contribution in [1.82, 2.24) is 9.62 Å². The molecule has 27 heavy (non-hydrogen) atoms. The van der Waals surface area contributed by atoms with E-state index in [4.69, 9.17) is 4.74 Å². The third-order valence-electron chi connectivity index (χ3n) is 4.50. The third kappa shape index (κ3) is 4.74. The van der Waals surface area contributed by atoms with Crippen LogP contribution in [0.25, 0.3) is 0 Å². The number of ether oxygens (including phenoxy) is 1. The molecule has 0 heterocycles. The van der Waals surface area contributed by atoms with E-state index in [1.807, 2.05) is 24.3 Å². The van der Waals surface area contributed by atoms with Gasteiger partial charge in [-0.1, -0.05) is 24.3 Å². The standard InChI is InChI=1S/C20H26N2O4S/c1-14-10-18(11-19(15(14)2)27(24,25)22(3)4)20(23)21-12-16-8-6-7-9-17(16)13-26-5/h6-11H,12-13H2,1-5H3,(H,21,23). The van der Waals surface area contributed by atoms with Crippen LogP contribution in [0.15, 0.2) is 41.3 Å². The molecule has 7 heteroatoms. The Bertz CT molecular complexity index is 937. The number of nitrogens with zero attached hydrogens (tertiary/aromatic N) is 1. The van der Waals surface area contributed by atoms with Gasteiger partial charge in [0, 0.05) is 33.3 Å². The van der Waals surface area contributed by atoms with E-state index in [1.165, 1.54) is 20.2 Å². The molecule has 0 radical (unpaired) electrons. The first-order valence-corrected chi connectivity index (χ1v) is 10.00. The third-order valence-corrected chi connectivity index (χ3v) is 6.44. The Balaban J connectivity index is 2.29. The smallest absolute Gasteiger partial charge is 0.251 e. The Labute approximate surface area is 161 Å². The molecule has 0 aromatic heterocycles. The van der Waals surface area contributed by atoms with Gasteiger partial charge in [-0.25, -0.2) is 12.7 Å². The number of hydrogen-bond acceptors (Lipinski definition) is 4. The predicted molar refractivity (Wildman–Crippen MR) is 105 cm³/mol. The minimum atomic E-state index is -3.63. The number of carbonyl (C=O) groups excluding carboxylic acids is 1. The zero-order valence-electron chi connectivity index (χ0n) is 16.4. The normalized spacial score (nSPS) is 11.6. The molecule has 1 N–H and O–H groups in total. The molecule has 0 saturated heterocycles. The van der Waals surface area contributed by atoms with Gasteiger partial charge in [-0.05, 0) is 48.2 Å². The Morgan fingerprint density at radius 2 is 1.74 bits per heavy atom. The van der Waals surface area contributed by atoms with Gasteiger partial charge >= 0.3 is 0 Å². The Kier molecular flexibility index (Phi) is 6.75. The molecule has 0 aliphatic rings. The van der Waals surface area contributed by atoms with Crippen LogP contribution in [0.2, 0.25) is 0 Å². The summed E-state index contributed by atoms with van der Waals surface area (Å²) in [6.45, 7) is 4.34. The molecule has 6 nitrogen and oxygen atoms in total. The average Bonchev–Trinajstić information content (AvgIpc) is 2.62. The van der Waals surface area contributed by atoms with E-state index in [0.717, 1.165) is 21.0 Å². The van der Waals surface area contributed by atoms with Crippen molar-refractivity contribution in [3.63, 3.8) is 0 Å². The highest BCUT2D eigenvalue weighted by Crippen LogP contribution is 2.23. The number of sulfonamides is 1. The molecule has 0 atom stereocenters. The summed E-state index contributed by atoms with van der Waals surface area (Å²) in [4.78, 5) is 12.8. The van der Waals surface area contributed by atoms with Gasteiger partial charge in [0.15, 0.2) is 0 Å². The van der Waals surface area contributed by atoms with Crippen LogP contribution < -0.4 is 5.32 Å². The molecule has 0 fully saturated rings. The number of hydrogen-bond donors (Lipinski definition) is 1. The zero-order chi connectivity index (χ0) is 20.2. The first-order valence-electron chi connectivity index (χ1n) is 8.56. The van der Waals surface area contributed by atoms with Gasteiger partial charge in [0.05, 0.1) is 11.5 Å². The van der Waals surface area contributed by atoms with E-state index in [1.54, 1.807) is 27.0 Å². The van der Waals surface area contributed by atoms with Gasteiger partial charge in [-0.15, -0.1) is 0 Å². The number of rotatable bonds is 7. The molecule has 2 aromatic rings. The van der Waals surface area contributed by atoms with Crippen LogP contribution in [0.5, 0.6) is 0 Å². The van der Waals surface area contributed by atoms with E-state index in [0.29, 0.717) is 24.3 Å². The molecule has 146 valence electrons. The van der Waals surface area contributed by atoms with Gasteiger partial charge in [0.1, 0.15) is 0 Å². The van der Waals surface area contributed by atoms with Crippen molar-refractivity contribution in [3.05, 3.63) is 64.2 Å². The highest BCUT2D eigenvalue weighted by Gasteiger charge is 2.23. The summed E-state index contributed by atoms with van der Waals surface area (Å²) in [7, 11) is 0.943. The Hall–Kier alpha value is -2.22. The minimum absolute atomic E-state index is 0.150. The predicted octanol–water partition coefficient (Wildman–Crippen LogP) is 2.63. The Morgan fingerprint density at radius 1 is 1.11 bits per heavy atom. The summed E-state index contributed by atoms with van der Waals surface area (Å²) >= 11 is 0. The fourth-order valence-electron chi connectivity index (χ4n) is 2.73. The van der Waals surface area contributed by atoms with Crippen LogP contribution in [0.4, 0.5) is 0 Å². The molecule has 0 saturated carbocycles. The lowest BCUT2D eigenvalue weighted by atomic mass is 10.1. The summed E-state index contributed by atoms with van der Waals surface area (Å²) in [5, 5.41) is 2.87. The quantitative estimate of drug-likeness (QED) is 0.789. The fraction of sp³-hybridized carbons (Fsp3) is 0.350. The lowest BCUT2D eigenvalue weighted by molar-refractivity contribution is 0.0950. The molecule has 0 spiro atoms. The molecular formula is C20H26N2O4S. The zero-order valence-corrected chi connectivity index (χ0v) is 17.2. The molecule has 2 rings (SSSR count). The topological polar surface area (TPSA) is 75.7 Å². The Morgan fingerprint density at radius 3 is 2.33 bits per heavy atom. The highest BCUT2D eigenvalue weighted by atomic mass is 32.2. The van der Waals surface area contributed by atoms with Gasteiger partial charge < -0.3 is 10.1 Å². The summed E-state index contributed by atoms with van der Waals surface area (Å²) < 4.78 is 31.4. The van der Waals surface area contributed by atoms with Crippen LogP contribution in [0.3, 0.4) is 0 Å². The summed E-state index contributed by atoms with van der Waals surface area (Å²) in [6.07, 6.45) is 0. The summed E-state index contributed by atoms with van der Waals surface area (Å²) in [6, 6.07) is 10.8. The number of benzene rings is 2. The van der Waals surface area contributed by atoms with Crippen molar-refractivity contribution < 1.29 is 17.9 Å². The number of aryl methyl sites for hydroxylation is 1. The van der Waals surface area contributed by atoms with E-state index in [-0.39, 0.29) is 10.8 Å². The van der Waals surface area contributed by atoms with Crippen molar-refractivity contribution in [1.29, 1.82) is 0 Å². The SMILES string of the molecule is COCc1ccccc1CNC(=O)c1cc(C)c(C)c(S(=O)(=O)N(C)C)c1. The maximum atomic E-state index is 12.6. The molecular weight excluding hydrogens is 364 g/mol. The van der Waals surface area contributed by atoms with Crippen LogP contribution in [-0.2, 0) is 27.9 Å². The number of amides is 1. The van der Waals surface area contributed by atoms with Crippen LogP contribution in [0, 0.1) is 13.8 Å². The summed E-state index contributed by atoms with van der Waals surface area (Å²) in [5.74, 6) is -0.319. The van der Waals surface area contributed by atoms with E-state index in [9.17, 15) is 13.2 Å². The first kappa shape index (κ1) is 21.1. The fourth-order valence-corrected chi connectivity index (χ4v) is 3.94. The van der Waals surface area contributed by atoms with E-state index >= 15 is 0 Å². The first-order chi connectivity index (χ1) is 12.7. The van der Waals surface area contributed by atoms with Crippen molar-refractivity contribution in [2.45, 2.75) is 31.9 Å². The molecule has 0 bridgehead atoms. The second kappa shape index (κ2) is 8.65. The maximum Gasteiger partial charge on any atom is 0.251 e. The lowest BCUT2D eigenvalue weighted by Crippen LogP contribution is -2.26. The number of nitrogens with one attached hydrogen (secondary N) is 1. The van der Waals surface area contributed by atoms with Crippen molar-refractivity contribution >= 4 is 15.9 Å². The van der Waals surface area contributed by atoms with Gasteiger partial charge in [0.2, 0.25) is 10.0 Å². The summed E-state index contributed by atoms with van der Waals surface area (Å²) in [5.41, 5.74) is 3.67. The van der Waals surface area contributed by atoms with Crippen LogP contribution >= 0.6 is 0 Å². The monoisotopic (exact) mass is 390 g/mol. The van der Waals surface area contributed by atoms with E-state index < -0.39 is 10.0 Å². The lowest BCUT2D eigenvalue weighted by Gasteiger charge is -2.17. The number of carbonyl (C=O) groups is 1. The maximum absolute atomic E-state index is 12.6. The largest absolute Gasteiger partial charge is 0.380 e. The van der Waals surface area contributed by atoms with Gasteiger partial charge in [-0.2, -0.15) is 0 Å². The van der Waals surface area contributed by atoms with Gasteiger partial charge in [0.25, 0.3) is 5.91 Å². The molecule has 1 amide bonds. The van der Waals surface area contributed by atoms with E-state index in [2.05, 4.69) is 5.32 Å². The van der Waals surface area contributed by atoms with Crippen molar-refractivity contribution in [3.8, 4) is 0 Å². The molecule has 0 aliphatic heterocycles. The van der Waals surface area contributed by atoms with Crippen molar-refractivity contribution in [2.75, 3.05) is 21.2 Å². The highest BCUT2D eigenvalue weighted by molar-refractivity contribution is 7.89. The second-order valence-corrected chi connectivity index (χ2v) is 8.71. The molecule has 0 unspecified atom stereocenters. The van der Waals surface area contributed by atoms with Gasteiger partial charge in [-0.3, -0.25) is 4.79 Å². The van der Waals surface area contributed by atoms with Crippen LogP contribution in [0.1, 0.15) is 32.6 Å². The second-order valence-electron chi connectivity index (χ2n) is 6.59. The molecule has 0 aliphatic carbocycles. The van der Waals surface area contributed by atoms with Crippen LogP contribution in [-0.4, -0.2) is 39.8 Å². The molecule has 2 aromatic carbocycles. The average molecular weight is 391 g/mol. The van der Waals surface area contributed by atoms with Crippen molar-refractivity contribution in [2.24, 2.45) is 0 Å². The number of methoxy groups -OCH3 is 1.